The Labute approximate surface area is 108 Å². The zero-order valence-corrected chi connectivity index (χ0v) is 11.2. The maximum atomic E-state index is 11.6. The Morgan fingerprint density at radius 2 is 2.22 bits per heavy atom. The predicted molar refractivity (Wildman–Crippen MR) is 71.4 cm³/mol. The summed E-state index contributed by atoms with van der Waals surface area (Å²) in [5.74, 6) is 0.377. The molecule has 1 aliphatic carbocycles. The molecule has 2 rings (SSSR count). The van der Waals surface area contributed by atoms with Gasteiger partial charge in [0, 0.05) is 18.7 Å². The summed E-state index contributed by atoms with van der Waals surface area (Å²) >= 11 is 0. The molecule has 1 N–H and O–H groups in total. The van der Waals surface area contributed by atoms with E-state index in [0.29, 0.717) is 0 Å². The molecule has 1 heterocycles. The summed E-state index contributed by atoms with van der Waals surface area (Å²) in [4.78, 5) is 13.9. The van der Waals surface area contributed by atoms with Gasteiger partial charge in [0.25, 0.3) is 0 Å². The number of anilines is 1. The number of hydrogen-bond acceptors (Lipinski definition) is 3. The summed E-state index contributed by atoms with van der Waals surface area (Å²) in [6, 6.07) is 0. The predicted octanol–water partition coefficient (Wildman–Crippen LogP) is 1.57. The molecule has 5 heteroatoms. The van der Waals surface area contributed by atoms with Crippen LogP contribution in [-0.4, -0.2) is 40.2 Å². The monoisotopic (exact) mass is 250 g/mol. The first kappa shape index (κ1) is 13.1. The zero-order valence-electron chi connectivity index (χ0n) is 11.2. The third-order valence-electron chi connectivity index (χ3n) is 3.39. The first-order chi connectivity index (χ1) is 8.72. The molecule has 18 heavy (non-hydrogen) atoms. The van der Waals surface area contributed by atoms with Gasteiger partial charge in [0.15, 0.2) is 0 Å². The van der Waals surface area contributed by atoms with Crippen LogP contribution in [0.1, 0.15) is 26.7 Å². The van der Waals surface area contributed by atoms with Gasteiger partial charge in [0.2, 0.25) is 5.91 Å². The number of rotatable bonds is 7. The van der Waals surface area contributed by atoms with E-state index >= 15 is 0 Å². The van der Waals surface area contributed by atoms with Gasteiger partial charge in [-0.25, -0.2) is 0 Å². The Kier molecular flexibility index (Phi) is 4.36. The lowest BCUT2D eigenvalue weighted by atomic mass is 10.4. The summed E-state index contributed by atoms with van der Waals surface area (Å²) < 4.78 is 1.89. The van der Waals surface area contributed by atoms with E-state index < -0.39 is 0 Å². The molecule has 0 bridgehead atoms. The van der Waals surface area contributed by atoms with Gasteiger partial charge in [-0.15, -0.1) is 0 Å². The fourth-order valence-electron chi connectivity index (χ4n) is 1.92. The molecule has 0 aromatic carbocycles. The molecule has 0 spiro atoms. The first-order valence-corrected chi connectivity index (χ1v) is 6.78. The second-order valence-corrected chi connectivity index (χ2v) is 4.78. The van der Waals surface area contributed by atoms with Crippen LogP contribution in [0, 0.1) is 5.92 Å². The molecule has 5 nitrogen and oxygen atoms in total. The Morgan fingerprint density at radius 1 is 1.50 bits per heavy atom. The molecule has 0 unspecified atom stereocenters. The van der Waals surface area contributed by atoms with Gasteiger partial charge < -0.3 is 10.2 Å². The standard InChI is InChI=1S/C13H22N4O/c1-3-16(4-2)7-8-17-10-12(9-14-17)15-13(18)11-5-6-11/h9-11H,3-8H2,1-2H3,(H,15,18). The van der Waals surface area contributed by atoms with Crippen molar-refractivity contribution >= 4 is 11.6 Å². The number of hydrogen-bond donors (Lipinski definition) is 1. The Balaban J connectivity index is 1.80. The number of amides is 1. The van der Waals surface area contributed by atoms with Crippen molar-refractivity contribution in [2.45, 2.75) is 33.2 Å². The summed E-state index contributed by atoms with van der Waals surface area (Å²) in [5, 5.41) is 7.17. The third kappa shape index (κ3) is 3.57. The number of carbonyl (C=O) groups excluding carboxylic acids is 1. The Bertz CT molecular complexity index is 393. The minimum atomic E-state index is 0.137. The number of nitrogens with zero attached hydrogens (tertiary/aromatic N) is 3. The van der Waals surface area contributed by atoms with Crippen molar-refractivity contribution < 1.29 is 4.79 Å². The van der Waals surface area contributed by atoms with Gasteiger partial charge in [-0.2, -0.15) is 5.10 Å². The first-order valence-electron chi connectivity index (χ1n) is 6.78. The molecule has 100 valence electrons. The van der Waals surface area contributed by atoms with Crippen LogP contribution in [0.2, 0.25) is 0 Å². The largest absolute Gasteiger partial charge is 0.323 e. The molecule has 1 aromatic rings. The van der Waals surface area contributed by atoms with Gasteiger partial charge in [0.1, 0.15) is 0 Å². The van der Waals surface area contributed by atoms with E-state index in [1.54, 1.807) is 6.20 Å². The average Bonchev–Trinajstić information content (AvgIpc) is 3.13. The van der Waals surface area contributed by atoms with E-state index in [-0.39, 0.29) is 11.8 Å². The van der Waals surface area contributed by atoms with Crippen LogP contribution in [-0.2, 0) is 11.3 Å². The van der Waals surface area contributed by atoms with Gasteiger partial charge in [-0.05, 0) is 25.9 Å². The van der Waals surface area contributed by atoms with Crippen LogP contribution < -0.4 is 5.32 Å². The average molecular weight is 250 g/mol. The van der Waals surface area contributed by atoms with Crippen LogP contribution in [0.4, 0.5) is 5.69 Å². The van der Waals surface area contributed by atoms with Crippen molar-refractivity contribution in [3.05, 3.63) is 12.4 Å². The van der Waals surface area contributed by atoms with Gasteiger partial charge in [-0.3, -0.25) is 9.48 Å². The molecule has 0 aliphatic heterocycles. The van der Waals surface area contributed by atoms with E-state index in [1.165, 1.54) is 0 Å². The second kappa shape index (κ2) is 6.00. The maximum Gasteiger partial charge on any atom is 0.227 e. The number of aromatic nitrogens is 2. The fourth-order valence-corrected chi connectivity index (χ4v) is 1.92. The lowest BCUT2D eigenvalue weighted by molar-refractivity contribution is -0.117. The molecule has 0 saturated heterocycles. The van der Waals surface area contributed by atoms with E-state index in [9.17, 15) is 4.79 Å². The van der Waals surface area contributed by atoms with E-state index in [4.69, 9.17) is 0 Å². The van der Waals surface area contributed by atoms with Crippen LogP contribution in [0.3, 0.4) is 0 Å². The third-order valence-corrected chi connectivity index (χ3v) is 3.39. The van der Waals surface area contributed by atoms with E-state index in [0.717, 1.165) is 44.7 Å². The summed E-state index contributed by atoms with van der Waals surface area (Å²) in [6.45, 7) is 8.29. The normalized spacial score (nSPS) is 15.1. The molecule has 0 atom stereocenters. The Morgan fingerprint density at radius 3 is 2.83 bits per heavy atom. The topological polar surface area (TPSA) is 50.2 Å². The highest BCUT2D eigenvalue weighted by atomic mass is 16.2. The summed E-state index contributed by atoms with van der Waals surface area (Å²) in [6.07, 6.45) is 5.69. The molecular formula is C13H22N4O. The highest BCUT2D eigenvalue weighted by Crippen LogP contribution is 2.30. The van der Waals surface area contributed by atoms with E-state index in [1.807, 2.05) is 10.9 Å². The van der Waals surface area contributed by atoms with Crippen molar-refractivity contribution in [3.8, 4) is 0 Å². The fraction of sp³-hybridized carbons (Fsp3) is 0.692. The highest BCUT2D eigenvalue weighted by molar-refractivity contribution is 5.93. The van der Waals surface area contributed by atoms with Crippen LogP contribution in [0.25, 0.3) is 0 Å². The van der Waals surface area contributed by atoms with Gasteiger partial charge >= 0.3 is 0 Å². The number of nitrogens with one attached hydrogen (secondary N) is 1. The summed E-state index contributed by atoms with van der Waals surface area (Å²) in [7, 11) is 0. The molecule has 1 saturated carbocycles. The van der Waals surface area contributed by atoms with Crippen LogP contribution in [0.5, 0.6) is 0 Å². The van der Waals surface area contributed by atoms with Crippen molar-refractivity contribution in [1.82, 2.24) is 14.7 Å². The SMILES string of the molecule is CCN(CC)CCn1cc(NC(=O)C2CC2)cn1. The van der Waals surface area contributed by atoms with Gasteiger partial charge in [0.05, 0.1) is 18.4 Å². The second-order valence-electron chi connectivity index (χ2n) is 4.78. The molecule has 1 aliphatic rings. The van der Waals surface area contributed by atoms with Crippen molar-refractivity contribution in [2.75, 3.05) is 25.0 Å². The van der Waals surface area contributed by atoms with E-state index in [2.05, 4.69) is 29.2 Å². The summed E-state index contributed by atoms with van der Waals surface area (Å²) in [5.41, 5.74) is 0.812. The van der Waals surface area contributed by atoms with Crippen LogP contribution in [0.15, 0.2) is 12.4 Å². The van der Waals surface area contributed by atoms with Crippen molar-refractivity contribution in [1.29, 1.82) is 0 Å². The minimum Gasteiger partial charge on any atom is -0.323 e. The van der Waals surface area contributed by atoms with Gasteiger partial charge in [-0.1, -0.05) is 13.8 Å². The lowest BCUT2D eigenvalue weighted by Gasteiger charge is -2.17. The van der Waals surface area contributed by atoms with Crippen molar-refractivity contribution in [3.63, 3.8) is 0 Å². The molecule has 0 radical (unpaired) electrons. The molecule has 1 aromatic heterocycles. The van der Waals surface area contributed by atoms with Crippen LogP contribution >= 0.6 is 0 Å². The molecule has 1 amide bonds. The molecular weight excluding hydrogens is 228 g/mol. The van der Waals surface area contributed by atoms with Crippen molar-refractivity contribution in [2.24, 2.45) is 5.92 Å². The quantitative estimate of drug-likeness (QED) is 0.799. The highest BCUT2D eigenvalue weighted by Gasteiger charge is 2.29. The Hall–Kier alpha value is -1.36. The number of carbonyl (C=O) groups is 1. The molecule has 1 fully saturated rings. The zero-order chi connectivity index (χ0) is 13.0. The number of likely N-dealkylation sites (N-methyl/N-ethyl adjacent to an activating group) is 1. The smallest absolute Gasteiger partial charge is 0.227 e. The minimum absolute atomic E-state index is 0.137. The lowest BCUT2D eigenvalue weighted by Crippen LogP contribution is -2.27. The maximum absolute atomic E-state index is 11.6.